The first-order valence-electron chi connectivity index (χ1n) is 6.03. The molecule has 1 rings (SSSR count). The molecule has 1 N–H and O–H groups in total. The molecular weight excluding hydrogens is 249 g/mol. The SMILES string of the molecule is CCN(CCOC)c1cccc(F)c1/C=C/C(=O)O. The van der Waals surface area contributed by atoms with Crippen molar-refractivity contribution in [2.75, 3.05) is 31.7 Å². The minimum atomic E-state index is -1.10. The van der Waals surface area contributed by atoms with E-state index in [-0.39, 0.29) is 5.56 Å². The molecule has 5 heteroatoms. The fourth-order valence-corrected chi connectivity index (χ4v) is 1.77. The first kappa shape index (κ1) is 15.2. The van der Waals surface area contributed by atoms with Crippen molar-refractivity contribution in [1.82, 2.24) is 0 Å². The monoisotopic (exact) mass is 267 g/mol. The number of methoxy groups -OCH3 is 1. The van der Waals surface area contributed by atoms with Crippen molar-refractivity contribution >= 4 is 17.7 Å². The molecule has 0 radical (unpaired) electrons. The number of hydrogen-bond donors (Lipinski definition) is 1. The zero-order chi connectivity index (χ0) is 14.3. The molecule has 0 aliphatic heterocycles. The molecule has 19 heavy (non-hydrogen) atoms. The number of aliphatic carboxylic acids is 1. The lowest BCUT2D eigenvalue weighted by molar-refractivity contribution is -0.131. The van der Waals surface area contributed by atoms with Gasteiger partial charge in [-0.3, -0.25) is 0 Å². The average Bonchev–Trinajstić information content (AvgIpc) is 2.38. The van der Waals surface area contributed by atoms with E-state index in [4.69, 9.17) is 9.84 Å². The molecule has 0 bridgehead atoms. The Morgan fingerprint density at radius 2 is 2.26 bits per heavy atom. The van der Waals surface area contributed by atoms with Crippen molar-refractivity contribution < 1.29 is 19.0 Å². The van der Waals surface area contributed by atoms with E-state index < -0.39 is 11.8 Å². The van der Waals surface area contributed by atoms with Gasteiger partial charge < -0.3 is 14.7 Å². The molecule has 0 aliphatic rings. The Morgan fingerprint density at radius 3 is 2.84 bits per heavy atom. The highest BCUT2D eigenvalue weighted by atomic mass is 19.1. The summed E-state index contributed by atoms with van der Waals surface area (Å²) in [4.78, 5) is 12.5. The summed E-state index contributed by atoms with van der Waals surface area (Å²) in [7, 11) is 1.60. The number of carboxylic acids is 1. The predicted molar refractivity (Wildman–Crippen MR) is 72.8 cm³/mol. The summed E-state index contributed by atoms with van der Waals surface area (Å²) < 4.78 is 18.8. The maximum atomic E-state index is 13.8. The normalized spacial score (nSPS) is 10.9. The van der Waals surface area contributed by atoms with Crippen LogP contribution in [0.5, 0.6) is 0 Å². The van der Waals surface area contributed by atoms with Gasteiger partial charge in [-0.1, -0.05) is 6.07 Å². The van der Waals surface area contributed by atoms with Crippen LogP contribution in [-0.4, -0.2) is 37.9 Å². The lowest BCUT2D eigenvalue weighted by atomic mass is 10.1. The van der Waals surface area contributed by atoms with Crippen LogP contribution in [0.3, 0.4) is 0 Å². The summed E-state index contributed by atoms with van der Waals surface area (Å²) in [6.07, 6.45) is 2.22. The highest BCUT2D eigenvalue weighted by molar-refractivity contribution is 5.87. The van der Waals surface area contributed by atoms with E-state index in [0.717, 1.165) is 6.08 Å². The summed E-state index contributed by atoms with van der Waals surface area (Å²) in [6.45, 7) is 3.77. The van der Waals surface area contributed by atoms with Gasteiger partial charge >= 0.3 is 5.97 Å². The first-order valence-corrected chi connectivity index (χ1v) is 6.03. The molecule has 0 saturated heterocycles. The molecule has 0 unspecified atom stereocenters. The molecule has 0 heterocycles. The minimum absolute atomic E-state index is 0.280. The van der Waals surface area contributed by atoms with Crippen LogP contribution in [-0.2, 0) is 9.53 Å². The second-order valence-corrected chi connectivity index (χ2v) is 3.92. The van der Waals surface area contributed by atoms with E-state index in [1.54, 1.807) is 19.2 Å². The Kier molecular flexibility index (Phi) is 6.02. The second-order valence-electron chi connectivity index (χ2n) is 3.92. The third kappa shape index (κ3) is 4.37. The van der Waals surface area contributed by atoms with Crippen molar-refractivity contribution in [3.8, 4) is 0 Å². The number of ether oxygens (including phenoxy) is 1. The van der Waals surface area contributed by atoms with Gasteiger partial charge in [-0.2, -0.15) is 0 Å². The highest BCUT2D eigenvalue weighted by Crippen LogP contribution is 2.24. The van der Waals surface area contributed by atoms with E-state index >= 15 is 0 Å². The van der Waals surface area contributed by atoms with Gasteiger partial charge in [-0.05, 0) is 25.1 Å². The van der Waals surface area contributed by atoms with E-state index in [1.165, 1.54) is 12.1 Å². The molecule has 104 valence electrons. The average molecular weight is 267 g/mol. The number of carbonyl (C=O) groups is 1. The molecule has 0 amide bonds. The number of likely N-dealkylation sites (N-methyl/N-ethyl adjacent to an activating group) is 1. The summed E-state index contributed by atoms with van der Waals surface area (Å²) >= 11 is 0. The number of hydrogen-bond acceptors (Lipinski definition) is 3. The summed E-state index contributed by atoms with van der Waals surface area (Å²) in [5.41, 5.74) is 0.944. The highest BCUT2D eigenvalue weighted by Gasteiger charge is 2.11. The van der Waals surface area contributed by atoms with Crippen LogP contribution in [0, 0.1) is 5.82 Å². The minimum Gasteiger partial charge on any atom is -0.478 e. The fourth-order valence-electron chi connectivity index (χ4n) is 1.77. The third-order valence-corrected chi connectivity index (χ3v) is 2.71. The predicted octanol–water partition coefficient (Wildman–Crippen LogP) is 2.40. The van der Waals surface area contributed by atoms with Gasteiger partial charge in [-0.15, -0.1) is 0 Å². The number of nitrogens with zero attached hydrogens (tertiary/aromatic N) is 1. The van der Waals surface area contributed by atoms with Gasteiger partial charge in [0.2, 0.25) is 0 Å². The van der Waals surface area contributed by atoms with Crippen molar-refractivity contribution in [3.05, 3.63) is 35.7 Å². The molecule has 0 saturated carbocycles. The molecule has 0 aliphatic carbocycles. The molecule has 0 aromatic heterocycles. The van der Waals surface area contributed by atoms with Crippen molar-refractivity contribution in [2.45, 2.75) is 6.92 Å². The Bertz CT molecular complexity index is 460. The Hall–Kier alpha value is -1.88. The smallest absolute Gasteiger partial charge is 0.328 e. The quantitative estimate of drug-likeness (QED) is 0.771. The Morgan fingerprint density at radius 1 is 1.53 bits per heavy atom. The molecule has 0 fully saturated rings. The second kappa shape index (κ2) is 7.53. The molecule has 1 aromatic rings. The molecule has 1 aromatic carbocycles. The van der Waals surface area contributed by atoms with Gasteiger partial charge in [-0.25, -0.2) is 9.18 Å². The zero-order valence-corrected chi connectivity index (χ0v) is 11.1. The van der Waals surface area contributed by atoms with Crippen LogP contribution < -0.4 is 4.90 Å². The number of halogens is 1. The van der Waals surface area contributed by atoms with Crippen molar-refractivity contribution in [2.24, 2.45) is 0 Å². The molecule has 0 spiro atoms. The Balaban J connectivity index is 3.10. The molecular formula is C14H18FNO3. The maximum Gasteiger partial charge on any atom is 0.328 e. The van der Waals surface area contributed by atoms with E-state index in [2.05, 4.69) is 0 Å². The number of rotatable bonds is 7. The zero-order valence-electron chi connectivity index (χ0n) is 11.1. The van der Waals surface area contributed by atoms with Crippen LogP contribution in [0.1, 0.15) is 12.5 Å². The van der Waals surface area contributed by atoms with Gasteiger partial charge in [0.05, 0.1) is 6.61 Å². The van der Waals surface area contributed by atoms with Crippen molar-refractivity contribution in [3.63, 3.8) is 0 Å². The lowest BCUT2D eigenvalue weighted by Crippen LogP contribution is -2.27. The van der Waals surface area contributed by atoms with E-state index in [0.29, 0.717) is 25.4 Å². The van der Waals surface area contributed by atoms with Gasteiger partial charge in [0.1, 0.15) is 5.82 Å². The standard InChI is InChI=1S/C14H18FNO3/c1-3-16(9-10-19-2)13-6-4-5-12(15)11(13)7-8-14(17)18/h4-8H,3,9-10H2,1-2H3,(H,17,18)/b8-7+. The third-order valence-electron chi connectivity index (χ3n) is 2.71. The maximum absolute atomic E-state index is 13.8. The van der Waals surface area contributed by atoms with Crippen LogP contribution in [0.4, 0.5) is 10.1 Å². The number of benzene rings is 1. The summed E-state index contributed by atoms with van der Waals surface area (Å²) in [5, 5.41) is 8.65. The van der Waals surface area contributed by atoms with Crippen LogP contribution in [0.2, 0.25) is 0 Å². The Labute approximate surface area is 112 Å². The fraction of sp³-hybridized carbons (Fsp3) is 0.357. The van der Waals surface area contributed by atoms with Crippen LogP contribution >= 0.6 is 0 Å². The van der Waals surface area contributed by atoms with Gasteiger partial charge in [0.15, 0.2) is 0 Å². The number of carboxylic acid groups (broad SMARTS) is 1. The lowest BCUT2D eigenvalue weighted by Gasteiger charge is -2.24. The molecule has 4 nitrogen and oxygen atoms in total. The van der Waals surface area contributed by atoms with Gasteiger partial charge in [0.25, 0.3) is 0 Å². The van der Waals surface area contributed by atoms with Crippen LogP contribution in [0.25, 0.3) is 6.08 Å². The van der Waals surface area contributed by atoms with E-state index in [1.807, 2.05) is 11.8 Å². The van der Waals surface area contributed by atoms with Gasteiger partial charge in [0, 0.05) is 37.5 Å². The topological polar surface area (TPSA) is 49.8 Å². The van der Waals surface area contributed by atoms with Crippen molar-refractivity contribution in [1.29, 1.82) is 0 Å². The summed E-state index contributed by atoms with van der Waals surface area (Å²) in [5.74, 6) is -1.54. The first-order chi connectivity index (χ1) is 9.10. The largest absolute Gasteiger partial charge is 0.478 e. The summed E-state index contributed by atoms with van der Waals surface area (Å²) in [6, 6.07) is 4.69. The number of anilines is 1. The van der Waals surface area contributed by atoms with Crippen LogP contribution in [0.15, 0.2) is 24.3 Å². The van der Waals surface area contributed by atoms with E-state index in [9.17, 15) is 9.18 Å². The molecule has 0 atom stereocenters.